The van der Waals surface area contributed by atoms with Gasteiger partial charge in [-0.15, -0.1) is 0 Å². The number of nitrogens with two attached hydrogens (primary N) is 1. The van der Waals surface area contributed by atoms with Crippen molar-refractivity contribution in [2.75, 3.05) is 32.6 Å². The minimum absolute atomic E-state index is 0.0224. The highest BCUT2D eigenvalue weighted by molar-refractivity contribution is 5.95. The van der Waals surface area contributed by atoms with Crippen molar-refractivity contribution in [2.45, 2.75) is 25.9 Å². The molecule has 1 aromatic rings. The fraction of sp³-hybridized carbons (Fsp3) is 0.533. The maximum absolute atomic E-state index is 12.2. The number of nitrogens with zero attached hydrogens (tertiary/aromatic N) is 1. The lowest BCUT2D eigenvalue weighted by Gasteiger charge is -2.24. The van der Waals surface area contributed by atoms with E-state index in [1.54, 1.807) is 7.11 Å². The van der Waals surface area contributed by atoms with Crippen molar-refractivity contribution < 1.29 is 9.53 Å². The van der Waals surface area contributed by atoms with Gasteiger partial charge in [0.2, 0.25) is 5.91 Å². The van der Waals surface area contributed by atoms with E-state index < -0.39 is 0 Å². The molecule has 3 N–H and O–H groups in total. The van der Waals surface area contributed by atoms with Gasteiger partial charge in [-0.05, 0) is 32.0 Å². The minimum Gasteiger partial charge on any atom is -0.385 e. The number of carbonyl (C=O) groups is 1. The number of rotatable bonds is 8. The quantitative estimate of drug-likeness (QED) is 0.707. The van der Waals surface area contributed by atoms with Crippen LogP contribution in [0.5, 0.6) is 0 Å². The lowest BCUT2D eigenvalue weighted by molar-refractivity contribution is -0.120. The summed E-state index contributed by atoms with van der Waals surface area (Å²) >= 11 is 0. The summed E-state index contributed by atoms with van der Waals surface area (Å²) in [7, 11) is 3.62. The van der Waals surface area contributed by atoms with Crippen LogP contribution in [0.2, 0.25) is 0 Å². The predicted molar refractivity (Wildman–Crippen MR) is 81.5 cm³/mol. The Morgan fingerprint density at radius 2 is 2.15 bits per heavy atom. The van der Waals surface area contributed by atoms with Gasteiger partial charge in [0.15, 0.2) is 0 Å². The molecule has 0 bridgehead atoms. The summed E-state index contributed by atoms with van der Waals surface area (Å²) < 4.78 is 5.02. The summed E-state index contributed by atoms with van der Waals surface area (Å²) in [6.45, 7) is 3.83. The summed E-state index contributed by atoms with van der Waals surface area (Å²) in [4.78, 5) is 14.2. The molecule has 5 nitrogen and oxygen atoms in total. The van der Waals surface area contributed by atoms with Crippen LogP contribution in [0.3, 0.4) is 0 Å². The number of anilines is 1. The molecular weight excluding hydrogens is 254 g/mol. The molecule has 1 aromatic carbocycles. The first-order chi connectivity index (χ1) is 9.60. The fourth-order valence-electron chi connectivity index (χ4n) is 1.91. The minimum atomic E-state index is -0.197. The Morgan fingerprint density at radius 1 is 1.45 bits per heavy atom. The summed E-state index contributed by atoms with van der Waals surface area (Å²) in [5.74, 6) is -0.0224. The van der Waals surface area contributed by atoms with Crippen molar-refractivity contribution in [2.24, 2.45) is 5.73 Å². The smallest absolute Gasteiger partial charge is 0.241 e. The van der Waals surface area contributed by atoms with Gasteiger partial charge in [0.05, 0.1) is 6.04 Å². The van der Waals surface area contributed by atoms with Crippen molar-refractivity contribution in [3.63, 3.8) is 0 Å². The van der Waals surface area contributed by atoms with Crippen LogP contribution in [-0.4, -0.2) is 44.2 Å². The van der Waals surface area contributed by atoms with Crippen LogP contribution in [0.25, 0.3) is 0 Å². The van der Waals surface area contributed by atoms with Gasteiger partial charge in [-0.3, -0.25) is 9.69 Å². The molecule has 1 atom stereocenters. The second kappa shape index (κ2) is 8.68. The number of likely N-dealkylation sites (N-methyl/N-ethyl adjacent to an activating group) is 1. The number of nitrogens with one attached hydrogen (secondary N) is 1. The Labute approximate surface area is 121 Å². The van der Waals surface area contributed by atoms with Crippen molar-refractivity contribution in [1.82, 2.24) is 4.90 Å². The molecule has 0 radical (unpaired) electrons. The van der Waals surface area contributed by atoms with Crippen LogP contribution >= 0.6 is 0 Å². The molecule has 5 heteroatoms. The highest BCUT2D eigenvalue weighted by atomic mass is 16.5. The van der Waals surface area contributed by atoms with Crippen molar-refractivity contribution in [1.29, 1.82) is 0 Å². The molecular formula is C15H25N3O2. The highest BCUT2D eigenvalue weighted by Gasteiger charge is 2.18. The van der Waals surface area contributed by atoms with Gasteiger partial charge in [-0.2, -0.15) is 0 Å². The largest absolute Gasteiger partial charge is 0.385 e. The zero-order valence-corrected chi connectivity index (χ0v) is 12.6. The highest BCUT2D eigenvalue weighted by Crippen LogP contribution is 2.15. The third-order valence-corrected chi connectivity index (χ3v) is 3.40. The van der Waals surface area contributed by atoms with Gasteiger partial charge >= 0.3 is 0 Å². The molecule has 0 aliphatic rings. The van der Waals surface area contributed by atoms with Crippen LogP contribution in [-0.2, 0) is 16.1 Å². The van der Waals surface area contributed by atoms with E-state index >= 15 is 0 Å². The van der Waals surface area contributed by atoms with Crippen molar-refractivity contribution in [3.8, 4) is 0 Å². The lowest BCUT2D eigenvalue weighted by Crippen LogP contribution is -2.40. The zero-order valence-electron chi connectivity index (χ0n) is 12.6. The monoisotopic (exact) mass is 279 g/mol. The molecule has 20 heavy (non-hydrogen) atoms. The molecule has 0 aliphatic carbocycles. The number of amides is 1. The van der Waals surface area contributed by atoms with Crippen LogP contribution < -0.4 is 11.1 Å². The first kappa shape index (κ1) is 16.6. The second-order valence-electron chi connectivity index (χ2n) is 4.85. The van der Waals surface area contributed by atoms with Crippen molar-refractivity contribution >= 4 is 11.6 Å². The standard InChI is InChI=1S/C15H25N3O2/c1-12(18(2)9-6-10-20-3)15(19)17-14-8-5-4-7-13(14)11-16/h4-5,7-8,12H,6,9-11,16H2,1-3H3,(H,17,19). The summed E-state index contributed by atoms with van der Waals surface area (Å²) in [5, 5.41) is 2.94. The summed E-state index contributed by atoms with van der Waals surface area (Å²) in [6.07, 6.45) is 0.907. The van der Waals surface area contributed by atoms with E-state index in [1.807, 2.05) is 43.1 Å². The number of hydrogen-bond donors (Lipinski definition) is 2. The van der Waals surface area contributed by atoms with E-state index in [4.69, 9.17) is 10.5 Å². The third-order valence-electron chi connectivity index (χ3n) is 3.40. The first-order valence-electron chi connectivity index (χ1n) is 6.88. The number of carbonyl (C=O) groups excluding carboxylic acids is 1. The SMILES string of the molecule is COCCCN(C)C(C)C(=O)Nc1ccccc1CN. The molecule has 0 saturated carbocycles. The molecule has 1 unspecified atom stereocenters. The average molecular weight is 279 g/mol. The van der Waals surface area contributed by atoms with Gasteiger partial charge in [-0.25, -0.2) is 0 Å². The molecule has 0 fully saturated rings. The van der Waals surface area contributed by atoms with Gasteiger partial charge in [-0.1, -0.05) is 18.2 Å². The van der Waals surface area contributed by atoms with Crippen molar-refractivity contribution in [3.05, 3.63) is 29.8 Å². The number of methoxy groups -OCH3 is 1. The topological polar surface area (TPSA) is 67.6 Å². The molecule has 112 valence electrons. The molecule has 0 aliphatic heterocycles. The van der Waals surface area contributed by atoms with E-state index in [0.717, 1.165) is 24.2 Å². The fourth-order valence-corrected chi connectivity index (χ4v) is 1.91. The second-order valence-corrected chi connectivity index (χ2v) is 4.85. The Hall–Kier alpha value is -1.43. The van der Waals surface area contributed by atoms with Gasteiger partial charge < -0.3 is 15.8 Å². The first-order valence-corrected chi connectivity index (χ1v) is 6.88. The van der Waals surface area contributed by atoms with Crippen LogP contribution in [0.15, 0.2) is 24.3 Å². The molecule has 1 rings (SSSR count). The number of para-hydroxylation sites is 1. The number of ether oxygens (including phenoxy) is 1. The van der Waals surface area contributed by atoms with Gasteiger partial charge in [0.25, 0.3) is 0 Å². The Bertz CT molecular complexity index is 423. The van der Waals surface area contributed by atoms with E-state index in [1.165, 1.54) is 0 Å². The molecule has 0 saturated heterocycles. The van der Waals surface area contributed by atoms with Gasteiger partial charge in [0, 0.05) is 32.5 Å². The summed E-state index contributed by atoms with van der Waals surface area (Å²) in [6, 6.07) is 7.40. The zero-order chi connectivity index (χ0) is 15.0. The molecule has 0 heterocycles. The van der Waals surface area contributed by atoms with E-state index in [-0.39, 0.29) is 11.9 Å². The average Bonchev–Trinajstić information content (AvgIpc) is 2.47. The van der Waals surface area contributed by atoms with Crippen LogP contribution in [0.4, 0.5) is 5.69 Å². The van der Waals surface area contributed by atoms with Crippen LogP contribution in [0.1, 0.15) is 18.9 Å². The molecule has 0 aromatic heterocycles. The van der Waals surface area contributed by atoms with E-state index in [9.17, 15) is 4.79 Å². The Kier molecular flexibility index (Phi) is 7.22. The maximum Gasteiger partial charge on any atom is 0.241 e. The Morgan fingerprint density at radius 3 is 2.80 bits per heavy atom. The normalized spacial score (nSPS) is 12.4. The lowest BCUT2D eigenvalue weighted by atomic mass is 10.1. The third kappa shape index (κ3) is 4.92. The molecule has 1 amide bonds. The van der Waals surface area contributed by atoms with Crippen LogP contribution in [0, 0.1) is 0 Å². The molecule has 0 spiro atoms. The van der Waals surface area contributed by atoms with E-state index in [2.05, 4.69) is 5.32 Å². The number of benzene rings is 1. The summed E-state index contributed by atoms with van der Waals surface area (Å²) in [5.41, 5.74) is 7.40. The van der Waals surface area contributed by atoms with E-state index in [0.29, 0.717) is 13.2 Å². The predicted octanol–water partition coefficient (Wildman–Crippen LogP) is 1.44. The van der Waals surface area contributed by atoms with Gasteiger partial charge in [0.1, 0.15) is 0 Å². The number of hydrogen-bond acceptors (Lipinski definition) is 4. The maximum atomic E-state index is 12.2. The Balaban J connectivity index is 2.56.